The summed E-state index contributed by atoms with van der Waals surface area (Å²) in [6, 6.07) is 30.2. The normalized spacial score (nSPS) is 15.4. The minimum atomic E-state index is -0.740. The first-order chi connectivity index (χ1) is 16.6. The molecule has 172 valence electrons. The maximum Gasteiger partial charge on any atom is 0.253 e. The topological polar surface area (TPSA) is 53.4 Å². The van der Waals surface area contributed by atoms with Gasteiger partial charge in [-0.15, -0.1) is 11.8 Å². The van der Waals surface area contributed by atoms with Crippen molar-refractivity contribution in [3.63, 3.8) is 0 Å². The molecule has 0 saturated carbocycles. The fourth-order valence-corrected chi connectivity index (χ4v) is 5.32. The SMILES string of the molecule is O=C(c1ccc(CSc2ccc3ccccc3n2)cc1)N1CCC(O)(Cc2ccccc2)CC1. The molecular weight excluding hydrogens is 440 g/mol. The van der Waals surface area contributed by atoms with E-state index in [0.29, 0.717) is 37.9 Å². The van der Waals surface area contributed by atoms with Crippen LogP contribution in [0.25, 0.3) is 10.9 Å². The molecule has 1 aliphatic heterocycles. The molecule has 4 nitrogen and oxygen atoms in total. The molecule has 0 atom stereocenters. The van der Waals surface area contributed by atoms with E-state index in [4.69, 9.17) is 4.98 Å². The van der Waals surface area contributed by atoms with Crippen molar-refractivity contribution in [1.29, 1.82) is 0 Å². The number of para-hydroxylation sites is 1. The summed E-state index contributed by atoms with van der Waals surface area (Å²) in [5.41, 5.74) is 3.26. The summed E-state index contributed by atoms with van der Waals surface area (Å²) < 4.78 is 0. The van der Waals surface area contributed by atoms with E-state index in [1.54, 1.807) is 11.8 Å². The summed E-state index contributed by atoms with van der Waals surface area (Å²) in [4.78, 5) is 19.6. The number of carbonyl (C=O) groups excluding carboxylic acids is 1. The van der Waals surface area contributed by atoms with Crippen LogP contribution in [0.1, 0.15) is 34.3 Å². The van der Waals surface area contributed by atoms with Gasteiger partial charge in [0.2, 0.25) is 0 Å². The molecule has 0 bridgehead atoms. The van der Waals surface area contributed by atoms with Crippen LogP contribution in [0.5, 0.6) is 0 Å². The Balaban J connectivity index is 1.15. The fraction of sp³-hybridized carbons (Fsp3) is 0.241. The molecule has 1 aliphatic rings. The Labute approximate surface area is 204 Å². The number of fused-ring (bicyclic) bond motifs is 1. The van der Waals surface area contributed by atoms with Crippen LogP contribution in [-0.2, 0) is 12.2 Å². The second-order valence-corrected chi connectivity index (χ2v) is 10.0. The Morgan fingerprint density at radius 3 is 2.32 bits per heavy atom. The van der Waals surface area contributed by atoms with Crippen molar-refractivity contribution in [3.05, 3.63) is 108 Å². The molecular formula is C29H28N2O2S. The molecule has 1 amide bonds. The van der Waals surface area contributed by atoms with Gasteiger partial charge in [0.05, 0.1) is 16.1 Å². The monoisotopic (exact) mass is 468 g/mol. The van der Waals surface area contributed by atoms with Gasteiger partial charge in [-0.05, 0) is 48.2 Å². The summed E-state index contributed by atoms with van der Waals surface area (Å²) in [6.45, 7) is 1.15. The predicted molar refractivity (Wildman–Crippen MR) is 138 cm³/mol. The molecule has 2 heterocycles. The van der Waals surface area contributed by atoms with E-state index in [-0.39, 0.29) is 5.91 Å². The Morgan fingerprint density at radius 1 is 0.853 bits per heavy atom. The number of piperidine rings is 1. The standard InChI is InChI=1S/C29H28N2O2S/c32-28(31-18-16-29(33,17-19-31)20-22-6-2-1-3-7-22)25-12-10-23(11-13-25)21-34-27-15-14-24-8-4-5-9-26(24)30-27/h1-15,33H,16-21H2. The molecule has 1 aromatic heterocycles. The van der Waals surface area contributed by atoms with Crippen LogP contribution in [0.2, 0.25) is 0 Å². The number of amides is 1. The quantitative estimate of drug-likeness (QED) is 0.367. The number of thioether (sulfide) groups is 1. The number of carbonyl (C=O) groups is 1. The second-order valence-electron chi connectivity index (χ2n) is 9.01. The van der Waals surface area contributed by atoms with Gasteiger partial charge in [0, 0.05) is 36.2 Å². The number of pyridine rings is 1. The van der Waals surface area contributed by atoms with Gasteiger partial charge < -0.3 is 10.0 Å². The lowest BCUT2D eigenvalue weighted by Crippen LogP contribution is -2.47. The van der Waals surface area contributed by atoms with Crippen LogP contribution in [0.4, 0.5) is 0 Å². The Morgan fingerprint density at radius 2 is 1.56 bits per heavy atom. The Kier molecular flexibility index (Phi) is 6.66. The first-order valence-electron chi connectivity index (χ1n) is 11.7. The van der Waals surface area contributed by atoms with Crippen molar-refractivity contribution < 1.29 is 9.90 Å². The molecule has 1 saturated heterocycles. The second kappa shape index (κ2) is 10.00. The predicted octanol–water partition coefficient (Wildman–Crippen LogP) is 5.74. The lowest BCUT2D eigenvalue weighted by atomic mass is 9.85. The zero-order valence-electron chi connectivity index (χ0n) is 19.1. The molecule has 5 heteroatoms. The maximum absolute atomic E-state index is 13.0. The van der Waals surface area contributed by atoms with Crippen LogP contribution in [0.3, 0.4) is 0 Å². The van der Waals surface area contributed by atoms with Crippen molar-refractivity contribution in [1.82, 2.24) is 9.88 Å². The highest BCUT2D eigenvalue weighted by atomic mass is 32.2. The first-order valence-corrected chi connectivity index (χ1v) is 12.7. The Bertz CT molecular complexity index is 1270. The van der Waals surface area contributed by atoms with Gasteiger partial charge in [0.1, 0.15) is 0 Å². The minimum Gasteiger partial charge on any atom is -0.389 e. The summed E-state index contributed by atoms with van der Waals surface area (Å²) in [5.74, 6) is 0.841. The van der Waals surface area contributed by atoms with Gasteiger partial charge in [-0.2, -0.15) is 0 Å². The lowest BCUT2D eigenvalue weighted by molar-refractivity contribution is -0.0162. The molecule has 34 heavy (non-hydrogen) atoms. The summed E-state index contributed by atoms with van der Waals surface area (Å²) in [7, 11) is 0. The molecule has 1 fully saturated rings. The number of aromatic nitrogens is 1. The third-order valence-corrected chi connectivity index (χ3v) is 7.52. The van der Waals surface area contributed by atoms with Gasteiger partial charge in [0.25, 0.3) is 5.91 Å². The van der Waals surface area contributed by atoms with Crippen molar-refractivity contribution in [2.45, 2.75) is 35.6 Å². The molecule has 0 spiro atoms. The number of rotatable bonds is 6. The molecule has 3 aromatic carbocycles. The average molecular weight is 469 g/mol. The summed E-state index contributed by atoms with van der Waals surface area (Å²) >= 11 is 1.70. The van der Waals surface area contributed by atoms with E-state index in [1.807, 2.05) is 77.7 Å². The van der Waals surface area contributed by atoms with E-state index in [2.05, 4.69) is 18.2 Å². The molecule has 0 radical (unpaired) electrons. The van der Waals surface area contributed by atoms with E-state index in [9.17, 15) is 9.90 Å². The van der Waals surface area contributed by atoms with Crippen molar-refractivity contribution in [2.24, 2.45) is 0 Å². The van der Waals surface area contributed by atoms with Crippen molar-refractivity contribution >= 4 is 28.6 Å². The number of benzene rings is 3. The first kappa shape index (κ1) is 22.6. The number of hydrogen-bond donors (Lipinski definition) is 1. The minimum absolute atomic E-state index is 0.0390. The van der Waals surface area contributed by atoms with E-state index in [1.165, 1.54) is 0 Å². The summed E-state index contributed by atoms with van der Waals surface area (Å²) in [6.07, 6.45) is 1.83. The van der Waals surface area contributed by atoms with Crippen LogP contribution in [0, 0.1) is 0 Å². The smallest absolute Gasteiger partial charge is 0.253 e. The van der Waals surface area contributed by atoms with Crippen LogP contribution < -0.4 is 0 Å². The third-order valence-electron chi connectivity index (χ3n) is 6.52. The van der Waals surface area contributed by atoms with E-state index >= 15 is 0 Å². The average Bonchev–Trinajstić information content (AvgIpc) is 2.88. The number of hydrogen-bond acceptors (Lipinski definition) is 4. The summed E-state index contributed by atoms with van der Waals surface area (Å²) in [5, 5.41) is 13.1. The fourth-order valence-electron chi connectivity index (χ4n) is 4.49. The largest absolute Gasteiger partial charge is 0.389 e. The van der Waals surface area contributed by atoms with Gasteiger partial charge in [-0.1, -0.05) is 66.7 Å². The van der Waals surface area contributed by atoms with Crippen molar-refractivity contribution in [2.75, 3.05) is 13.1 Å². The molecule has 5 rings (SSSR count). The van der Waals surface area contributed by atoms with E-state index < -0.39 is 5.60 Å². The third kappa shape index (κ3) is 5.32. The van der Waals surface area contributed by atoms with Crippen LogP contribution in [0.15, 0.2) is 96.0 Å². The highest BCUT2D eigenvalue weighted by molar-refractivity contribution is 7.98. The highest BCUT2D eigenvalue weighted by Gasteiger charge is 2.34. The zero-order valence-corrected chi connectivity index (χ0v) is 19.9. The van der Waals surface area contributed by atoms with Gasteiger partial charge >= 0.3 is 0 Å². The Hall–Kier alpha value is -3.15. The number of likely N-dealkylation sites (tertiary alicyclic amines) is 1. The number of aliphatic hydroxyl groups is 1. The number of nitrogens with zero attached hydrogens (tertiary/aromatic N) is 2. The maximum atomic E-state index is 13.0. The van der Waals surface area contributed by atoms with E-state index in [0.717, 1.165) is 32.8 Å². The molecule has 0 aliphatic carbocycles. The lowest BCUT2D eigenvalue weighted by Gasteiger charge is -2.38. The van der Waals surface area contributed by atoms with Crippen molar-refractivity contribution in [3.8, 4) is 0 Å². The molecule has 4 aromatic rings. The van der Waals surface area contributed by atoms with Gasteiger partial charge in [0.15, 0.2) is 0 Å². The van der Waals surface area contributed by atoms with Gasteiger partial charge in [-0.3, -0.25) is 4.79 Å². The highest BCUT2D eigenvalue weighted by Crippen LogP contribution is 2.28. The van der Waals surface area contributed by atoms with Crippen LogP contribution >= 0.6 is 11.8 Å². The van der Waals surface area contributed by atoms with Gasteiger partial charge in [-0.25, -0.2) is 4.98 Å². The molecule has 1 N–H and O–H groups in total. The zero-order chi connectivity index (χ0) is 23.4. The molecule has 0 unspecified atom stereocenters. The van der Waals surface area contributed by atoms with Crippen LogP contribution in [-0.4, -0.2) is 39.6 Å².